The molecule has 0 fully saturated rings. The maximum Gasteiger partial charge on any atom is 0.239 e. The summed E-state index contributed by atoms with van der Waals surface area (Å²) in [7, 11) is 3.21. The monoisotopic (exact) mass is 501 g/mol. The first kappa shape index (κ1) is 23.9. The van der Waals surface area contributed by atoms with E-state index < -0.39 is 5.82 Å². The van der Waals surface area contributed by atoms with E-state index >= 15 is 0 Å². The number of aromatic nitrogens is 6. The number of halogens is 1. The summed E-state index contributed by atoms with van der Waals surface area (Å²) in [5, 5.41) is 11.6. The largest absolute Gasteiger partial charge is 0.494 e. The molecule has 3 heterocycles. The highest BCUT2D eigenvalue weighted by Gasteiger charge is 2.24. The highest BCUT2D eigenvalue weighted by molar-refractivity contribution is 8.00. The summed E-state index contributed by atoms with van der Waals surface area (Å²) >= 11 is 2.92. The smallest absolute Gasteiger partial charge is 0.239 e. The standard InChI is InChI=1S/C22H24FN7O2S2/c1-13(2)15-12-33-21(26-15)20-27-28-22(29-34-9-8-18-24-10-14(23)11-25-18)30(20)19-16(31-3)6-5-7-17(19)32-4/h5-7,10-13H,8-9H2,1-4H3,(H,28,29). The molecule has 178 valence electrons. The molecule has 0 aliphatic rings. The molecule has 0 saturated carbocycles. The van der Waals surface area contributed by atoms with Gasteiger partial charge in [0.15, 0.2) is 16.6 Å². The van der Waals surface area contributed by atoms with Crippen LogP contribution < -0.4 is 14.2 Å². The molecule has 9 nitrogen and oxygen atoms in total. The number of anilines is 1. The normalized spacial score (nSPS) is 11.1. The van der Waals surface area contributed by atoms with E-state index in [2.05, 4.69) is 38.7 Å². The van der Waals surface area contributed by atoms with Crippen molar-refractivity contribution in [2.45, 2.75) is 26.2 Å². The van der Waals surface area contributed by atoms with Crippen LogP contribution in [0.3, 0.4) is 0 Å². The molecule has 1 N–H and O–H groups in total. The van der Waals surface area contributed by atoms with Crippen LogP contribution in [0.1, 0.15) is 31.3 Å². The molecule has 0 unspecified atom stereocenters. The molecule has 0 radical (unpaired) electrons. The summed E-state index contributed by atoms with van der Waals surface area (Å²) in [5.41, 5.74) is 1.66. The molecule has 0 spiro atoms. The lowest BCUT2D eigenvalue weighted by Gasteiger charge is -2.16. The first-order chi connectivity index (χ1) is 16.5. The molecule has 0 saturated heterocycles. The first-order valence-electron chi connectivity index (χ1n) is 10.5. The summed E-state index contributed by atoms with van der Waals surface area (Å²) in [5.74, 6) is 3.31. The van der Waals surface area contributed by atoms with Crippen LogP contribution in [-0.2, 0) is 6.42 Å². The maximum atomic E-state index is 13.0. The predicted octanol–water partition coefficient (Wildman–Crippen LogP) is 4.76. The van der Waals surface area contributed by atoms with E-state index in [1.807, 2.05) is 28.1 Å². The summed E-state index contributed by atoms with van der Waals surface area (Å²) in [6, 6.07) is 5.56. The van der Waals surface area contributed by atoms with Gasteiger partial charge in [-0.2, -0.15) is 0 Å². The van der Waals surface area contributed by atoms with Crippen molar-refractivity contribution in [3.05, 3.63) is 53.3 Å². The SMILES string of the molecule is COc1cccc(OC)c1-n1c(NSCCc2ncc(F)cn2)nnc1-c1nc(C(C)C)cs1. The second kappa shape index (κ2) is 10.8. The number of benzene rings is 1. The van der Waals surface area contributed by atoms with Crippen LogP contribution >= 0.6 is 23.3 Å². The van der Waals surface area contributed by atoms with Crippen LogP contribution in [0.4, 0.5) is 10.3 Å². The van der Waals surface area contributed by atoms with Gasteiger partial charge in [-0.15, -0.1) is 21.5 Å². The van der Waals surface area contributed by atoms with E-state index in [0.717, 1.165) is 23.1 Å². The number of methoxy groups -OCH3 is 2. The number of nitrogens with zero attached hydrogens (tertiary/aromatic N) is 6. The molecular weight excluding hydrogens is 477 g/mol. The Kier molecular flexibility index (Phi) is 7.58. The summed E-state index contributed by atoms with van der Waals surface area (Å²) in [4.78, 5) is 12.8. The molecule has 34 heavy (non-hydrogen) atoms. The van der Waals surface area contributed by atoms with E-state index in [0.29, 0.717) is 52.9 Å². The van der Waals surface area contributed by atoms with Gasteiger partial charge in [0.25, 0.3) is 0 Å². The molecule has 0 aliphatic carbocycles. The summed E-state index contributed by atoms with van der Waals surface area (Å²) < 4.78 is 29.4. The second-order valence-electron chi connectivity index (χ2n) is 7.44. The zero-order valence-electron chi connectivity index (χ0n) is 19.1. The number of aryl methyl sites for hydroxylation is 1. The third-order valence-corrected chi connectivity index (χ3v) is 6.45. The highest BCUT2D eigenvalue weighted by atomic mass is 32.2. The van der Waals surface area contributed by atoms with Gasteiger partial charge in [-0.1, -0.05) is 19.9 Å². The number of para-hydroxylation sites is 1. The van der Waals surface area contributed by atoms with Crippen molar-refractivity contribution in [1.29, 1.82) is 0 Å². The lowest BCUT2D eigenvalue weighted by atomic mass is 10.2. The van der Waals surface area contributed by atoms with Crippen molar-refractivity contribution in [2.75, 3.05) is 24.7 Å². The molecule has 0 atom stereocenters. The van der Waals surface area contributed by atoms with Crippen molar-refractivity contribution < 1.29 is 13.9 Å². The van der Waals surface area contributed by atoms with E-state index in [4.69, 9.17) is 14.5 Å². The third kappa shape index (κ3) is 5.12. The maximum absolute atomic E-state index is 13.0. The van der Waals surface area contributed by atoms with Crippen molar-refractivity contribution in [2.24, 2.45) is 0 Å². The first-order valence-corrected chi connectivity index (χ1v) is 12.3. The Balaban J connectivity index is 1.67. The van der Waals surface area contributed by atoms with Crippen molar-refractivity contribution >= 4 is 29.2 Å². The molecule has 0 bridgehead atoms. The quantitative estimate of drug-likeness (QED) is 0.243. The molecule has 0 aliphatic heterocycles. The Morgan fingerprint density at radius 3 is 2.44 bits per heavy atom. The fourth-order valence-corrected chi connectivity index (χ4v) is 4.73. The van der Waals surface area contributed by atoms with E-state index in [-0.39, 0.29) is 0 Å². The molecule has 4 aromatic rings. The van der Waals surface area contributed by atoms with Crippen LogP contribution in [0, 0.1) is 5.82 Å². The van der Waals surface area contributed by atoms with E-state index in [9.17, 15) is 4.39 Å². The van der Waals surface area contributed by atoms with Gasteiger partial charge >= 0.3 is 0 Å². The third-order valence-electron chi connectivity index (χ3n) is 4.86. The van der Waals surface area contributed by atoms with Crippen LogP contribution in [0.15, 0.2) is 36.0 Å². The number of nitrogens with one attached hydrogen (secondary N) is 1. The summed E-state index contributed by atoms with van der Waals surface area (Å²) in [6.07, 6.45) is 2.88. The average Bonchev–Trinajstić information content (AvgIpc) is 3.49. The Bertz CT molecular complexity index is 1220. The molecule has 4 rings (SSSR count). The zero-order valence-corrected chi connectivity index (χ0v) is 20.8. The van der Waals surface area contributed by atoms with Crippen LogP contribution in [0.25, 0.3) is 16.5 Å². The number of rotatable bonds is 10. The topological polar surface area (TPSA) is 99.9 Å². The van der Waals surface area contributed by atoms with Crippen molar-refractivity contribution in [3.8, 4) is 28.0 Å². The van der Waals surface area contributed by atoms with E-state index in [1.165, 1.54) is 23.3 Å². The van der Waals surface area contributed by atoms with Crippen LogP contribution in [0.5, 0.6) is 11.5 Å². The van der Waals surface area contributed by atoms with Gasteiger partial charge in [0.2, 0.25) is 5.95 Å². The highest BCUT2D eigenvalue weighted by Crippen LogP contribution is 2.38. The minimum absolute atomic E-state index is 0.295. The average molecular weight is 502 g/mol. The molecule has 3 aromatic heterocycles. The Morgan fingerprint density at radius 2 is 1.82 bits per heavy atom. The Morgan fingerprint density at radius 1 is 1.12 bits per heavy atom. The number of hydrogen-bond acceptors (Lipinski definition) is 10. The van der Waals surface area contributed by atoms with Gasteiger partial charge in [-0.3, -0.25) is 9.29 Å². The fraction of sp³-hybridized carbons (Fsp3) is 0.318. The van der Waals surface area contributed by atoms with Gasteiger partial charge in [-0.25, -0.2) is 19.3 Å². The molecule has 0 amide bonds. The number of ether oxygens (including phenoxy) is 2. The molecule has 12 heteroatoms. The molecular formula is C22H24FN7O2S2. The lowest BCUT2D eigenvalue weighted by Crippen LogP contribution is -2.07. The number of hydrogen-bond donors (Lipinski definition) is 1. The Labute approximate surface area is 204 Å². The fourth-order valence-electron chi connectivity index (χ4n) is 3.13. The zero-order chi connectivity index (χ0) is 24.1. The van der Waals surface area contributed by atoms with Gasteiger partial charge in [0.1, 0.15) is 23.0 Å². The van der Waals surface area contributed by atoms with Gasteiger partial charge in [0, 0.05) is 17.6 Å². The Hall–Kier alpha value is -3.25. The van der Waals surface area contributed by atoms with E-state index in [1.54, 1.807) is 14.2 Å². The van der Waals surface area contributed by atoms with Crippen molar-refractivity contribution in [1.82, 2.24) is 29.7 Å². The lowest BCUT2D eigenvalue weighted by molar-refractivity contribution is 0.391. The second-order valence-corrected chi connectivity index (χ2v) is 9.20. The minimum atomic E-state index is -0.455. The predicted molar refractivity (Wildman–Crippen MR) is 131 cm³/mol. The molecule has 1 aromatic carbocycles. The van der Waals surface area contributed by atoms with Crippen LogP contribution in [-0.4, -0.2) is 49.7 Å². The van der Waals surface area contributed by atoms with Gasteiger partial charge in [-0.05, 0) is 30.0 Å². The minimum Gasteiger partial charge on any atom is -0.494 e. The summed E-state index contributed by atoms with van der Waals surface area (Å²) in [6.45, 7) is 4.20. The van der Waals surface area contributed by atoms with Gasteiger partial charge in [0.05, 0.1) is 32.3 Å². The number of thiazole rings is 1. The van der Waals surface area contributed by atoms with Crippen molar-refractivity contribution in [3.63, 3.8) is 0 Å². The van der Waals surface area contributed by atoms with Crippen LogP contribution in [0.2, 0.25) is 0 Å². The van der Waals surface area contributed by atoms with Gasteiger partial charge < -0.3 is 9.47 Å².